The molecule has 89 heavy (non-hydrogen) atoms. The van der Waals surface area contributed by atoms with Gasteiger partial charge >= 0.3 is 0 Å². The first-order valence-electron chi connectivity index (χ1n) is 28.5. The van der Waals surface area contributed by atoms with Gasteiger partial charge in [0.25, 0.3) is 0 Å². The number of imidazole rings is 2. The number of aromatic nitrogens is 15. The Morgan fingerprint density at radius 1 is 0.584 bits per heavy atom. The van der Waals surface area contributed by atoms with Crippen LogP contribution in [-0.4, -0.2) is 138 Å². The number of hydrogen-bond acceptors (Lipinski definition) is 15. The summed E-state index contributed by atoms with van der Waals surface area (Å²) >= 11 is 0. The van der Waals surface area contributed by atoms with Gasteiger partial charge in [-0.3, -0.25) is 9.36 Å². The van der Waals surface area contributed by atoms with Crippen molar-refractivity contribution in [2.45, 2.75) is 99.1 Å². The van der Waals surface area contributed by atoms with Crippen LogP contribution in [0.3, 0.4) is 0 Å². The standard InChI is InChI=1S/C17H21N7O.C17H4.C12H13N7O.C9H4.C7H11N3.C6H15N.BrH/c1-11-21-15(13-4-6-25-9-13)16-17(18-10-20-24(11)16)23-5-3-12-7-19-22(2)14(12)8-23;1-3-5-7-9-11-13-15-17-16-14-12-10-8-6-4-2;1-8-17-10(9-2-3-20-4-9)11-12(14-6-16-19(8)11)18-7-13-5-15-18;1-3-5-7-9-8-6-4-2;1-10-7-5-8-3-2-6(7)4-9-10;1-4-7(5-2)6-3;/h7,10,13H,3-6,8-9H2,1-2H3;1H,2H3;5-7,9H,2-4H2,1H3;1H,2H3;4,8H,2-3,5H2,1H3;4-6H2,1-3H3;1H/t13-;;9-;;;;/m1.1..../s1. The minimum absolute atomic E-state index is 0. The monoisotopic (exact) mass is 1250 g/mol. The SMILES string of the molecule is Br.C#CC#CC#CC#CC.C#CC#CC#CC#CC#CC#CC#CC#CC.CCN(CC)CC.Cc1nc([C@@H]2CCOC2)c2c(-n3cncn3)ncnn12.Cc1nc([C@@H]2CCOC2)c2c(N3CCc4cnn(C)c4C3)ncnn12.Cn1ncc2c1CNCC2. The van der Waals surface area contributed by atoms with Crippen molar-refractivity contribution in [2.24, 2.45) is 14.1 Å². The molecule has 0 aliphatic carbocycles. The fraction of sp³-hybridized carbons (Fsp3) is 0.382. The maximum absolute atomic E-state index is 5.59. The molecule has 0 amide bonds. The number of rotatable bonds is 7. The molecule has 0 bridgehead atoms. The third-order valence-electron chi connectivity index (χ3n) is 13.7. The van der Waals surface area contributed by atoms with E-state index >= 15 is 0 Å². The number of ether oxygens (including phenoxy) is 2. The summed E-state index contributed by atoms with van der Waals surface area (Å²) < 4.78 is 20.3. The van der Waals surface area contributed by atoms with Gasteiger partial charge in [-0.05, 0) is 209 Å². The molecule has 7 aromatic rings. The van der Waals surface area contributed by atoms with Crippen LogP contribution in [-0.2, 0) is 49.5 Å². The highest BCUT2D eigenvalue weighted by Gasteiger charge is 2.30. The van der Waals surface area contributed by atoms with Crippen LogP contribution in [0.15, 0.2) is 37.7 Å². The smallest absolute Gasteiger partial charge is 0.184 e. The summed E-state index contributed by atoms with van der Waals surface area (Å²) in [4.78, 5) is 27.1. The lowest BCUT2D eigenvalue weighted by atomic mass is 10.0. The van der Waals surface area contributed by atoms with Gasteiger partial charge in [0.1, 0.15) is 48.0 Å². The maximum Gasteiger partial charge on any atom is 0.184 e. The highest BCUT2D eigenvalue weighted by atomic mass is 79.9. The summed E-state index contributed by atoms with van der Waals surface area (Å²) in [6.45, 7) is 24.3. The molecule has 4 aliphatic rings. The third kappa shape index (κ3) is 20.6. The number of terminal acetylenes is 2. The number of nitrogens with one attached hydrogen (secondary N) is 1. The highest BCUT2D eigenvalue weighted by molar-refractivity contribution is 8.93. The molecule has 450 valence electrons. The average Bonchev–Trinajstić information content (AvgIpc) is 2.04. The molecule has 2 atom stereocenters. The molecule has 1 N–H and O–H groups in total. The molecule has 20 nitrogen and oxygen atoms in total. The van der Waals surface area contributed by atoms with Crippen molar-refractivity contribution < 1.29 is 9.47 Å². The number of anilines is 1. The minimum atomic E-state index is 0. The van der Waals surface area contributed by atoms with Gasteiger partial charge < -0.3 is 24.6 Å². The normalized spacial score (nSPS) is 13.8. The van der Waals surface area contributed by atoms with Crippen LogP contribution in [0.1, 0.15) is 105 Å². The molecule has 21 heteroatoms. The Morgan fingerprint density at radius 2 is 1.04 bits per heavy atom. The quantitative estimate of drug-likeness (QED) is 0.209. The van der Waals surface area contributed by atoms with Crippen molar-refractivity contribution >= 4 is 33.8 Å². The molecule has 0 saturated carbocycles. The van der Waals surface area contributed by atoms with Crippen molar-refractivity contribution in [3.63, 3.8) is 0 Å². The number of aryl methyl sites for hydroxylation is 4. The maximum atomic E-state index is 5.59. The lowest BCUT2D eigenvalue weighted by Crippen LogP contribution is -2.32. The molecule has 2 fully saturated rings. The Kier molecular flexibility index (Phi) is 30.0. The van der Waals surface area contributed by atoms with Gasteiger partial charge in [-0.15, -0.1) is 29.8 Å². The van der Waals surface area contributed by atoms with Gasteiger partial charge in [0.15, 0.2) is 11.6 Å². The van der Waals surface area contributed by atoms with Crippen LogP contribution in [0.25, 0.3) is 16.9 Å². The topological polar surface area (TPSA) is 189 Å². The summed E-state index contributed by atoms with van der Waals surface area (Å²) in [5, 5.41) is 24.8. The van der Waals surface area contributed by atoms with E-state index in [4.69, 9.17) is 27.3 Å². The van der Waals surface area contributed by atoms with E-state index in [1.165, 1.54) is 54.8 Å². The molecule has 0 unspecified atom stereocenters. The van der Waals surface area contributed by atoms with Crippen molar-refractivity contribution in [2.75, 3.05) is 64.1 Å². The van der Waals surface area contributed by atoms with Gasteiger partial charge in [-0.2, -0.15) is 25.5 Å². The van der Waals surface area contributed by atoms with Crippen LogP contribution in [0, 0.1) is 157 Å². The second-order valence-electron chi connectivity index (χ2n) is 19.0. The number of fused-ring (bicyclic) bond motifs is 4. The molecule has 7 aromatic heterocycles. The highest BCUT2D eigenvalue weighted by Crippen LogP contribution is 2.34. The first-order chi connectivity index (χ1) is 43.1. The van der Waals surface area contributed by atoms with Crippen LogP contribution in [0.4, 0.5) is 5.82 Å². The van der Waals surface area contributed by atoms with E-state index in [0.717, 1.165) is 112 Å². The molecule has 11 heterocycles. The number of halogens is 1. The lowest BCUT2D eigenvalue weighted by molar-refractivity contribution is 0.193. The minimum Gasteiger partial charge on any atom is -0.381 e. The van der Waals surface area contributed by atoms with Crippen molar-refractivity contribution in [1.29, 1.82) is 0 Å². The first kappa shape index (κ1) is 69.3. The van der Waals surface area contributed by atoms with Gasteiger partial charge in [0.05, 0.1) is 54.9 Å². The molecule has 11 rings (SSSR count). The molecule has 0 aromatic carbocycles. The predicted octanol–water partition coefficient (Wildman–Crippen LogP) is 5.05. The fourth-order valence-corrected chi connectivity index (χ4v) is 9.26. The van der Waals surface area contributed by atoms with Gasteiger partial charge in [0.2, 0.25) is 0 Å². The lowest BCUT2D eigenvalue weighted by Gasteiger charge is -2.28. The third-order valence-corrected chi connectivity index (χ3v) is 13.7. The van der Waals surface area contributed by atoms with E-state index in [-0.39, 0.29) is 22.9 Å². The van der Waals surface area contributed by atoms with Gasteiger partial charge in [-0.25, -0.2) is 38.6 Å². The zero-order valence-corrected chi connectivity index (χ0v) is 53.4. The van der Waals surface area contributed by atoms with E-state index in [0.29, 0.717) is 18.3 Å². The van der Waals surface area contributed by atoms with E-state index in [2.05, 4.69) is 212 Å². The zero-order valence-electron chi connectivity index (χ0n) is 51.7. The average molecular weight is 1250 g/mol. The van der Waals surface area contributed by atoms with Crippen molar-refractivity contribution in [3.8, 4) is 149 Å². The summed E-state index contributed by atoms with van der Waals surface area (Å²) in [6.07, 6.45) is 24.0. The van der Waals surface area contributed by atoms with Crippen molar-refractivity contribution in [3.05, 3.63) is 83.3 Å². The Bertz CT molecular complexity index is 4260. The fourth-order valence-electron chi connectivity index (χ4n) is 9.26. The molecular formula is C68H69BrN18O2. The summed E-state index contributed by atoms with van der Waals surface area (Å²) in [5.74, 6) is 57.9. The van der Waals surface area contributed by atoms with Crippen LogP contribution < -0.4 is 10.2 Å². The van der Waals surface area contributed by atoms with Gasteiger partial charge in [-0.1, -0.05) is 32.6 Å². The first-order valence-corrected chi connectivity index (χ1v) is 28.5. The second-order valence-corrected chi connectivity index (χ2v) is 19.0. The largest absolute Gasteiger partial charge is 0.381 e. The summed E-state index contributed by atoms with van der Waals surface area (Å²) in [5.41, 5.74) is 9.29. The molecule has 0 radical (unpaired) electrons. The van der Waals surface area contributed by atoms with E-state index in [1.807, 2.05) is 54.2 Å². The van der Waals surface area contributed by atoms with E-state index in [9.17, 15) is 0 Å². The molecule has 4 aliphatic heterocycles. The summed E-state index contributed by atoms with van der Waals surface area (Å²) in [6, 6.07) is 0. The predicted molar refractivity (Wildman–Crippen MR) is 349 cm³/mol. The van der Waals surface area contributed by atoms with Crippen molar-refractivity contribution in [1.82, 2.24) is 83.7 Å². The zero-order chi connectivity index (χ0) is 62.7. The van der Waals surface area contributed by atoms with E-state index < -0.39 is 0 Å². The second kappa shape index (κ2) is 38.5. The Hall–Kier alpha value is -10.5. The molecule has 2 saturated heterocycles. The molecule has 0 spiro atoms. The van der Waals surface area contributed by atoms with E-state index in [1.54, 1.807) is 35.7 Å². The van der Waals surface area contributed by atoms with Gasteiger partial charge in [0, 0.05) is 52.2 Å². The van der Waals surface area contributed by atoms with Crippen LogP contribution >= 0.6 is 17.0 Å². The Labute approximate surface area is 533 Å². The number of hydrogen-bond donors (Lipinski definition) is 1. The summed E-state index contributed by atoms with van der Waals surface area (Å²) in [7, 11) is 3.99. The van der Waals surface area contributed by atoms with Crippen LogP contribution in [0.5, 0.6) is 0 Å². The Morgan fingerprint density at radius 3 is 1.47 bits per heavy atom. The number of nitrogens with zero attached hydrogens (tertiary/aromatic N) is 17. The van der Waals surface area contributed by atoms with Crippen LogP contribution in [0.2, 0.25) is 0 Å². The molecular weight excluding hydrogens is 1180 g/mol. The Balaban J connectivity index is 0.000000205.